The number of nitrogens with one attached hydrogen (secondary N) is 1. The molecule has 1 atom stereocenters. The minimum absolute atomic E-state index is 0.356. The van der Waals surface area contributed by atoms with Gasteiger partial charge in [0.1, 0.15) is 11.8 Å². The van der Waals surface area contributed by atoms with Crippen LogP contribution in [0.15, 0.2) is 54.6 Å². The van der Waals surface area contributed by atoms with E-state index in [1.165, 1.54) is 0 Å². The van der Waals surface area contributed by atoms with Crippen molar-refractivity contribution in [3.63, 3.8) is 0 Å². The molecule has 2 amide bonds. The maximum Gasteiger partial charge on any atom is 0.252 e. The van der Waals surface area contributed by atoms with Crippen LogP contribution >= 0.6 is 0 Å². The molecule has 0 aromatic heterocycles. The lowest BCUT2D eigenvalue weighted by Gasteiger charge is -2.16. The van der Waals surface area contributed by atoms with Gasteiger partial charge in [0.15, 0.2) is 0 Å². The van der Waals surface area contributed by atoms with E-state index in [4.69, 9.17) is 10.5 Å². The Hall–Kier alpha value is -2.82. The number of amides is 2. The van der Waals surface area contributed by atoms with Crippen molar-refractivity contribution in [3.8, 4) is 5.75 Å². The zero-order valence-corrected chi connectivity index (χ0v) is 14.4. The van der Waals surface area contributed by atoms with E-state index >= 15 is 0 Å². The largest absolute Gasteiger partial charge is 0.494 e. The first-order valence-electron chi connectivity index (χ1n) is 8.49. The average molecular weight is 340 g/mol. The molecule has 0 aliphatic carbocycles. The van der Waals surface area contributed by atoms with Crippen LogP contribution in [-0.4, -0.2) is 18.4 Å². The molecule has 0 aliphatic heterocycles. The van der Waals surface area contributed by atoms with Gasteiger partial charge in [0.25, 0.3) is 5.91 Å². The minimum atomic E-state index is -0.862. The van der Waals surface area contributed by atoms with Gasteiger partial charge in [-0.05, 0) is 36.2 Å². The second-order valence-corrected chi connectivity index (χ2v) is 5.80. The van der Waals surface area contributed by atoms with Crippen LogP contribution in [0.5, 0.6) is 5.75 Å². The molecule has 0 saturated heterocycles. The summed E-state index contributed by atoms with van der Waals surface area (Å²) < 4.78 is 5.63. The van der Waals surface area contributed by atoms with Crippen molar-refractivity contribution in [1.29, 1.82) is 0 Å². The van der Waals surface area contributed by atoms with Crippen molar-refractivity contribution in [2.24, 2.45) is 5.73 Å². The number of carbonyl (C=O) groups is 2. The third kappa shape index (κ3) is 5.64. The molecule has 5 heteroatoms. The van der Waals surface area contributed by atoms with Gasteiger partial charge in [0.05, 0.1) is 6.61 Å². The quantitative estimate of drug-likeness (QED) is 0.688. The Bertz CT molecular complexity index is 684. The molecule has 5 nitrogen and oxygen atoms in total. The van der Waals surface area contributed by atoms with Gasteiger partial charge in [-0.1, -0.05) is 50.1 Å². The van der Waals surface area contributed by atoms with Crippen molar-refractivity contribution in [2.75, 3.05) is 6.61 Å². The zero-order valence-electron chi connectivity index (χ0n) is 14.4. The van der Waals surface area contributed by atoms with E-state index in [0.717, 1.165) is 25.0 Å². The van der Waals surface area contributed by atoms with Gasteiger partial charge in [-0.3, -0.25) is 9.59 Å². The van der Waals surface area contributed by atoms with Gasteiger partial charge < -0.3 is 15.8 Å². The third-order valence-electron chi connectivity index (χ3n) is 3.83. The number of primary amides is 1. The van der Waals surface area contributed by atoms with Crippen LogP contribution in [0.25, 0.3) is 0 Å². The van der Waals surface area contributed by atoms with E-state index in [2.05, 4.69) is 12.2 Å². The van der Waals surface area contributed by atoms with Crippen LogP contribution in [0.1, 0.15) is 48.1 Å². The highest BCUT2D eigenvalue weighted by Gasteiger charge is 2.20. The molecule has 0 spiro atoms. The van der Waals surface area contributed by atoms with Crippen molar-refractivity contribution >= 4 is 11.8 Å². The molecule has 0 bridgehead atoms. The van der Waals surface area contributed by atoms with Gasteiger partial charge >= 0.3 is 0 Å². The zero-order chi connectivity index (χ0) is 18.1. The topological polar surface area (TPSA) is 81.4 Å². The van der Waals surface area contributed by atoms with Gasteiger partial charge in [-0.25, -0.2) is 0 Å². The van der Waals surface area contributed by atoms with Gasteiger partial charge in [-0.15, -0.1) is 0 Å². The van der Waals surface area contributed by atoms with Crippen molar-refractivity contribution in [1.82, 2.24) is 5.32 Å². The summed E-state index contributed by atoms with van der Waals surface area (Å²) >= 11 is 0. The second kappa shape index (κ2) is 9.47. The molecule has 0 fully saturated rings. The summed E-state index contributed by atoms with van der Waals surface area (Å²) in [5.74, 6) is -0.234. The summed E-state index contributed by atoms with van der Waals surface area (Å²) in [5, 5.41) is 2.67. The average Bonchev–Trinajstić information content (AvgIpc) is 2.64. The van der Waals surface area contributed by atoms with Crippen molar-refractivity contribution < 1.29 is 14.3 Å². The first-order valence-corrected chi connectivity index (χ1v) is 8.49. The molecule has 2 aromatic rings. The first-order chi connectivity index (χ1) is 12.1. The summed E-state index contributed by atoms with van der Waals surface area (Å²) in [7, 11) is 0. The minimum Gasteiger partial charge on any atom is -0.494 e. The van der Waals surface area contributed by atoms with Gasteiger partial charge in [0, 0.05) is 5.56 Å². The first kappa shape index (κ1) is 18.5. The SMILES string of the molecule is CCCCCOc1ccc(C(=O)NC(C(N)=O)c2ccccc2)cc1. The molecule has 0 aliphatic rings. The lowest BCUT2D eigenvalue weighted by molar-refractivity contribution is -0.120. The highest BCUT2D eigenvalue weighted by Crippen LogP contribution is 2.16. The maximum absolute atomic E-state index is 12.4. The Kier molecular flexibility index (Phi) is 7.01. The fourth-order valence-electron chi connectivity index (χ4n) is 2.42. The standard InChI is InChI=1S/C20H24N2O3/c1-2-3-7-14-25-17-12-10-16(11-13-17)20(24)22-18(19(21)23)15-8-5-4-6-9-15/h4-6,8-13,18H,2-3,7,14H2,1H3,(H2,21,23)(H,22,24). The van der Waals surface area contributed by atoms with Crippen molar-refractivity contribution in [2.45, 2.75) is 32.2 Å². The number of ether oxygens (including phenoxy) is 1. The number of carbonyl (C=O) groups excluding carboxylic acids is 2. The number of rotatable bonds is 9. The number of hydrogen-bond acceptors (Lipinski definition) is 3. The van der Waals surface area contributed by atoms with E-state index in [9.17, 15) is 9.59 Å². The smallest absolute Gasteiger partial charge is 0.252 e. The van der Waals surface area contributed by atoms with Crippen molar-refractivity contribution in [3.05, 3.63) is 65.7 Å². The van der Waals surface area contributed by atoms with Crippen LogP contribution in [0, 0.1) is 0 Å². The second-order valence-electron chi connectivity index (χ2n) is 5.80. The lowest BCUT2D eigenvalue weighted by atomic mass is 10.1. The van der Waals surface area contributed by atoms with Gasteiger partial charge in [-0.2, -0.15) is 0 Å². The molecule has 1 unspecified atom stereocenters. The summed E-state index contributed by atoms with van der Waals surface area (Å²) in [5.41, 5.74) is 6.52. The van der Waals surface area contributed by atoms with E-state index in [0.29, 0.717) is 17.7 Å². The molecular weight excluding hydrogens is 316 g/mol. The third-order valence-corrected chi connectivity index (χ3v) is 3.83. The number of benzene rings is 2. The maximum atomic E-state index is 12.4. The van der Waals surface area contributed by atoms with Crippen LogP contribution in [-0.2, 0) is 4.79 Å². The van der Waals surface area contributed by atoms with Crippen LogP contribution in [0.3, 0.4) is 0 Å². The molecule has 0 radical (unpaired) electrons. The van der Waals surface area contributed by atoms with Crippen LogP contribution in [0.2, 0.25) is 0 Å². The summed E-state index contributed by atoms with van der Waals surface area (Å²) in [6.07, 6.45) is 3.29. The van der Waals surface area contributed by atoms with Gasteiger partial charge in [0.2, 0.25) is 5.91 Å². The molecule has 2 rings (SSSR count). The molecule has 0 saturated carbocycles. The Labute approximate surface area is 148 Å². The summed E-state index contributed by atoms with van der Waals surface area (Å²) in [4.78, 5) is 24.1. The monoisotopic (exact) mass is 340 g/mol. The Morgan fingerprint density at radius 3 is 2.32 bits per heavy atom. The Morgan fingerprint density at radius 1 is 1.04 bits per heavy atom. The fourth-order valence-corrected chi connectivity index (χ4v) is 2.42. The molecular formula is C20H24N2O3. The van der Waals surface area contributed by atoms with E-state index in [1.807, 2.05) is 6.07 Å². The Morgan fingerprint density at radius 2 is 1.72 bits per heavy atom. The molecule has 2 aromatic carbocycles. The molecule has 25 heavy (non-hydrogen) atoms. The molecule has 0 heterocycles. The number of unbranched alkanes of at least 4 members (excludes halogenated alkanes) is 2. The van der Waals surface area contributed by atoms with E-state index < -0.39 is 11.9 Å². The van der Waals surface area contributed by atoms with Crippen LogP contribution < -0.4 is 15.8 Å². The predicted octanol–water partition coefficient (Wildman–Crippen LogP) is 3.21. The number of nitrogens with two attached hydrogens (primary N) is 1. The van der Waals surface area contributed by atoms with Crippen LogP contribution in [0.4, 0.5) is 0 Å². The van der Waals surface area contributed by atoms with E-state index in [1.54, 1.807) is 48.5 Å². The summed E-state index contributed by atoms with van der Waals surface area (Å²) in [6, 6.07) is 14.9. The normalized spacial score (nSPS) is 11.6. The Balaban J connectivity index is 1.98. The fraction of sp³-hybridized carbons (Fsp3) is 0.300. The molecule has 3 N–H and O–H groups in total. The summed E-state index contributed by atoms with van der Waals surface area (Å²) in [6.45, 7) is 2.80. The predicted molar refractivity (Wildman–Crippen MR) is 97.3 cm³/mol. The highest BCUT2D eigenvalue weighted by atomic mass is 16.5. The number of hydrogen-bond donors (Lipinski definition) is 2. The lowest BCUT2D eigenvalue weighted by Crippen LogP contribution is -2.37. The highest BCUT2D eigenvalue weighted by molar-refractivity contribution is 5.97. The molecule has 132 valence electrons. The van der Waals surface area contributed by atoms with E-state index in [-0.39, 0.29) is 5.91 Å².